The third kappa shape index (κ3) is 8.31. The van der Waals surface area contributed by atoms with E-state index in [1.54, 1.807) is 4.90 Å². The van der Waals surface area contributed by atoms with Crippen LogP contribution in [-0.4, -0.2) is 106 Å². The summed E-state index contributed by atoms with van der Waals surface area (Å²) in [6.45, 7) is 19.0. The number of amides is 2. The Morgan fingerprint density at radius 2 is 1.78 bits per heavy atom. The lowest BCUT2D eigenvalue weighted by Gasteiger charge is -2.53. The van der Waals surface area contributed by atoms with Crippen molar-refractivity contribution < 1.29 is 18.7 Å². The number of primary amides is 1. The zero-order valence-electron chi connectivity index (χ0n) is 28.9. The number of carbonyl (C=O) groups excluding carboxylic acids is 2. The van der Waals surface area contributed by atoms with Crippen LogP contribution in [0, 0.1) is 17.2 Å². The van der Waals surface area contributed by atoms with Gasteiger partial charge < -0.3 is 25.2 Å². The van der Waals surface area contributed by atoms with Gasteiger partial charge in [0.1, 0.15) is 17.9 Å². The minimum absolute atomic E-state index is 0.0752. The van der Waals surface area contributed by atoms with Gasteiger partial charge >= 0.3 is 0 Å². The molecule has 11 nitrogen and oxygen atoms in total. The third-order valence-electron chi connectivity index (χ3n) is 9.61. The van der Waals surface area contributed by atoms with Gasteiger partial charge in [0, 0.05) is 62.2 Å². The van der Waals surface area contributed by atoms with Gasteiger partial charge in [-0.1, -0.05) is 13.8 Å². The van der Waals surface area contributed by atoms with Crippen molar-refractivity contribution in [3.05, 3.63) is 35.9 Å². The fourth-order valence-electron chi connectivity index (χ4n) is 7.19. The molecule has 2 atom stereocenters. The fourth-order valence-corrected chi connectivity index (χ4v) is 7.19. The molecule has 46 heavy (non-hydrogen) atoms. The van der Waals surface area contributed by atoms with E-state index in [9.17, 15) is 14.0 Å². The first kappa shape index (κ1) is 35.5. The zero-order chi connectivity index (χ0) is 33.8. The predicted octanol–water partition coefficient (Wildman–Crippen LogP) is 4.57. The number of aromatic nitrogens is 3. The maximum atomic E-state index is 14.4. The molecular weight excluding hydrogens is 587 g/mol. The Kier molecular flexibility index (Phi) is 11.6. The lowest BCUT2D eigenvalue weighted by atomic mass is 9.76. The van der Waals surface area contributed by atoms with Crippen molar-refractivity contribution in [3.8, 4) is 11.6 Å². The molecule has 2 saturated heterocycles. The molecule has 0 bridgehead atoms. The van der Waals surface area contributed by atoms with E-state index >= 15 is 0 Å². The van der Waals surface area contributed by atoms with Crippen LogP contribution < -0.4 is 15.4 Å². The van der Waals surface area contributed by atoms with E-state index in [0.717, 1.165) is 52.0 Å². The van der Waals surface area contributed by atoms with Crippen LogP contribution in [0.1, 0.15) is 84.5 Å². The highest BCUT2D eigenvalue weighted by Crippen LogP contribution is 2.44. The molecular formula is C34H53FN8O3. The summed E-state index contributed by atoms with van der Waals surface area (Å²) in [5.41, 5.74) is 5.69. The molecule has 0 unspecified atom stereocenters. The summed E-state index contributed by atoms with van der Waals surface area (Å²) in [6, 6.07) is 4.45. The average molecular weight is 641 g/mol. The van der Waals surface area contributed by atoms with E-state index in [2.05, 4.69) is 50.8 Å². The molecule has 254 valence electrons. The van der Waals surface area contributed by atoms with Crippen LogP contribution in [-0.2, 0) is 4.79 Å². The first-order chi connectivity index (χ1) is 21.7. The van der Waals surface area contributed by atoms with Crippen LogP contribution in [0.3, 0.4) is 0 Å². The molecule has 2 fully saturated rings. The monoisotopic (exact) mass is 640 g/mol. The number of nitrogens with two attached hydrogens (primary N) is 1. The quantitative estimate of drug-likeness (QED) is 0.298. The van der Waals surface area contributed by atoms with Gasteiger partial charge in [-0.15, -0.1) is 10.2 Å². The summed E-state index contributed by atoms with van der Waals surface area (Å²) in [7, 11) is 2.06. The van der Waals surface area contributed by atoms with Crippen molar-refractivity contribution in [2.24, 2.45) is 17.1 Å². The normalized spacial score (nSPS) is 17.6. The molecule has 0 aliphatic carbocycles. The highest BCUT2D eigenvalue weighted by Gasteiger charge is 2.50. The van der Waals surface area contributed by atoms with E-state index in [0.29, 0.717) is 24.2 Å². The SMILES string of the molecule is CC(C)[C@@H](CCCN(C)[C@@H](C)CC(N)=O)N1CC2(CCN(c3ncnnc3Oc3ccc(F)cc3C(=O)N(C(C)C)C(C)C)C2)C1. The molecule has 1 aromatic heterocycles. The lowest BCUT2D eigenvalue weighted by Crippen LogP contribution is -2.62. The van der Waals surface area contributed by atoms with E-state index in [1.165, 1.54) is 24.5 Å². The number of halogens is 1. The first-order valence-electron chi connectivity index (χ1n) is 16.7. The highest BCUT2D eigenvalue weighted by atomic mass is 19.1. The molecule has 2 aromatic rings. The van der Waals surface area contributed by atoms with Gasteiger partial charge in [0.2, 0.25) is 5.91 Å². The summed E-state index contributed by atoms with van der Waals surface area (Å²) in [5, 5.41) is 8.23. The van der Waals surface area contributed by atoms with Crippen molar-refractivity contribution >= 4 is 17.6 Å². The third-order valence-corrected chi connectivity index (χ3v) is 9.61. The fraction of sp³-hybridized carbons (Fsp3) is 0.676. The van der Waals surface area contributed by atoms with Crippen LogP contribution >= 0.6 is 0 Å². The molecule has 0 radical (unpaired) electrons. The van der Waals surface area contributed by atoms with E-state index in [-0.39, 0.29) is 52.5 Å². The zero-order valence-corrected chi connectivity index (χ0v) is 28.9. The molecule has 2 N–H and O–H groups in total. The number of hydrogen-bond donors (Lipinski definition) is 1. The molecule has 0 saturated carbocycles. The number of anilines is 1. The van der Waals surface area contributed by atoms with Gasteiger partial charge in [0.25, 0.3) is 11.8 Å². The maximum Gasteiger partial charge on any atom is 0.282 e. The minimum Gasteiger partial charge on any atom is -0.434 e. The van der Waals surface area contributed by atoms with E-state index < -0.39 is 5.82 Å². The van der Waals surface area contributed by atoms with Gasteiger partial charge in [-0.25, -0.2) is 9.37 Å². The Morgan fingerprint density at radius 3 is 2.41 bits per heavy atom. The number of nitrogens with zero attached hydrogens (tertiary/aromatic N) is 7. The predicted molar refractivity (Wildman–Crippen MR) is 177 cm³/mol. The van der Waals surface area contributed by atoms with Gasteiger partial charge in [-0.3, -0.25) is 14.5 Å². The summed E-state index contributed by atoms with van der Waals surface area (Å²) < 4.78 is 20.6. The standard InChI is InChI=1S/C34H53FN8O3/c1-22(2)28(10-9-14-40(8)25(7)16-30(36)44)42-19-34(20-42)13-15-41(18-34)31-32(39-38-21-37-31)46-29-12-11-26(35)17-27(29)33(45)43(23(3)4)24(5)6/h11-12,17,21-25,28H,9-10,13-16,18-20H2,1-8H3,(H2,36,44)/t25-,28+/m0/s1. The molecule has 1 aromatic carbocycles. The van der Waals surface area contributed by atoms with Crippen molar-refractivity contribution in [2.75, 3.05) is 44.7 Å². The Morgan fingerprint density at radius 1 is 1.09 bits per heavy atom. The second kappa shape index (κ2) is 15.0. The minimum atomic E-state index is -0.513. The number of benzene rings is 1. The van der Waals surface area contributed by atoms with Crippen LogP contribution in [0.2, 0.25) is 0 Å². The molecule has 2 amide bonds. The van der Waals surface area contributed by atoms with Crippen molar-refractivity contribution in [1.29, 1.82) is 0 Å². The number of carbonyl (C=O) groups is 2. The second-order valence-electron chi connectivity index (χ2n) is 14.3. The Balaban J connectivity index is 1.42. The van der Waals surface area contributed by atoms with Crippen LogP contribution in [0.25, 0.3) is 0 Å². The highest BCUT2D eigenvalue weighted by molar-refractivity contribution is 5.97. The Hall–Kier alpha value is -3.38. The average Bonchev–Trinajstić information content (AvgIpc) is 3.40. The molecule has 12 heteroatoms. The van der Waals surface area contributed by atoms with Gasteiger partial charge in [0.05, 0.1) is 5.56 Å². The largest absolute Gasteiger partial charge is 0.434 e. The molecule has 2 aliphatic heterocycles. The van der Waals surface area contributed by atoms with Crippen LogP contribution in [0.15, 0.2) is 24.5 Å². The van der Waals surface area contributed by atoms with E-state index in [4.69, 9.17) is 10.5 Å². The Labute approximate surface area is 273 Å². The topological polar surface area (TPSA) is 121 Å². The number of likely N-dealkylation sites (tertiary alicyclic amines) is 1. The summed E-state index contributed by atoms with van der Waals surface area (Å²) in [6.07, 6.45) is 4.98. The summed E-state index contributed by atoms with van der Waals surface area (Å²) in [5.74, 6) is 0.448. The van der Waals surface area contributed by atoms with Gasteiger partial charge in [-0.2, -0.15) is 0 Å². The Bertz CT molecular complexity index is 1340. The summed E-state index contributed by atoms with van der Waals surface area (Å²) in [4.78, 5) is 38.2. The molecule has 4 rings (SSSR count). The van der Waals surface area contributed by atoms with Crippen LogP contribution in [0.4, 0.5) is 10.2 Å². The smallest absolute Gasteiger partial charge is 0.282 e. The summed E-state index contributed by atoms with van der Waals surface area (Å²) >= 11 is 0. The molecule has 3 heterocycles. The number of ether oxygens (including phenoxy) is 1. The van der Waals surface area contributed by atoms with Gasteiger partial charge in [-0.05, 0) is 91.6 Å². The van der Waals surface area contributed by atoms with Crippen LogP contribution in [0.5, 0.6) is 11.6 Å². The lowest BCUT2D eigenvalue weighted by molar-refractivity contribution is -0.119. The van der Waals surface area contributed by atoms with Crippen molar-refractivity contribution in [1.82, 2.24) is 29.9 Å². The molecule has 1 spiro atoms. The van der Waals surface area contributed by atoms with E-state index in [1.807, 2.05) is 34.6 Å². The van der Waals surface area contributed by atoms with Crippen molar-refractivity contribution in [2.45, 2.75) is 98.3 Å². The number of rotatable bonds is 15. The van der Waals surface area contributed by atoms with Gasteiger partial charge in [0.15, 0.2) is 5.82 Å². The number of hydrogen-bond acceptors (Lipinski definition) is 9. The first-order valence-corrected chi connectivity index (χ1v) is 16.7. The second-order valence-corrected chi connectivity index (χ2v) is 14.3. The molecule has 2 aliphatic rings. The maximum absolute atomic E-state index is 14.4. The van der Waals surface area contributed by atoms with Crippen molar-refractivity contribution in [3.63, 3.8) is 0 Å².